The molecule has 0 radical (unpaired) electrons. The number of amides is 2. The van der Waals surface area contributed by atoms with Gasteiger partial charge in [0.1, 0.15) is 11.6 Å². The molecular formula is C26H29ClFN5O. The van der Waals surface area contributed by atoms with Crippen LogP contribution in [0.4, 0.5) is 15.0 Å². The van der Waals surface area contributed by atoms with Gasteiger partial charge in [0.05, 0.1) is 0 Å². The van der Waals surface area contributed by atoms with Crippen molar-refractivity contribution in [1.82, 2.24) is 20.2 Å². The van der Waals surface area contributed by atoms with Crippen molar-refractivity contribution in [3.05, 3.63) is 76.2 Å². The Morgan fingerprint density at radius 1 is 1.00 bits per heavy atom. The molecule has 0 bridgehead atoms. The summed E-state index contributed by atoms with van der Waals surface area (Å²) in [6.07, 6.45) is 0.977. The van der Waals surface area contributed by atoms with Crippen molar-refractivity contribution in [3.8, 4) is 11.4 Å². The lowest BCUT2D eigenvalue weighted by Crippen LogP contribution is -2.52. The molecule has 1 aromatic heterocycles. The molecule has 0 unspecified atom stereocenters. The van der Waals surface area contributed by atoms with E-state index in [-0.39, 0.29) is 11.8 Å². The summed E-state index contributed by atoms with van der Waals surface area (Å²) in [5.74, 6) is 1.08. The van der Waals surface area contributed by atoms with E-state index in [4.69, 9.17) is 21.6 Å². The highest BCUT2D eigenvalue weighted by molar-refractivity contribution is 6.31. The number of nitrogens with zero attached hydrogens (tertiary/aromatic N) is 4. The van der Waals surface area contributed by atoms with Gasteiger partial charge >= 0.3 is 6.03 Å². The van der Waals surface area contributed by atoms with Gasteiger partial charge in [-0.15, -0.1) is 0 Å². The Kier molecular flexibility index (Phi) is 7.63. The molecule has 0 spiro atoms. The SMILES string of the molecule is CCNC(=O)N1CCN(c2nc(-c3ccccc3)nc(CC)c2Cc2c(F)cccc2Cl)CC1. The van der Waals surface area contributed by atoms with Crippen LogP contribution in [0.25, 0.3) is 11.4 Å². The minimum Gasteiger partial charge on any atom is -0.353 e. The third-order valence-corrected chi connectivity index (χ3v) is 6.40. The lowest BCUT2D eigenvalue weighted by atomic mass is 10.0. The average molecular weight is 482 g/mol. The Hall–Kier alpha value is -3.19. The first-order valence-electron chi connectivity index (χ1n) is 11.7. The van der Waals surface area contributed by atoms with Crippen molar-refractivity contribution in [3.63, 3.8) is 0 Å². The fourth-order valence-electron chi connectivity index (χ4n) is 4.23. The van der Waals surface area contributed by atoms with E-state index in [9.17, 15) is 9.18 Å². The van der Waals surface area contributed by atoms with Crippen molar-refractivity contribution in [2.75, 3.05) is 37.6 Å². The van der Waals surface area contributed by atoms with E-state index in [1.807, 2.05) is 49.1 Å². The van der Waals surface area contributed by atoms with Crippen LogP contribution in [0, 0.1) is 5.82 Å². The largest absolute Gasteiger partial charge is 0.353 e. The van der Waals surface area contributed by atoms with E-state index in [2.05, 4.69) is 10.2 Å². The van der Waals surface area contributed by atoms with Gasteiger partial charge in [-0.05, 0) is 25.5 Å². The van der Waals surface area contributed by atoms with Crippen LogP contribution in [0.15, 0.2) is 48.5 Å². The number of benzene rings is 2. The van der Waals surface area contributed by atoms with Gasteiger partial charge in [-0.2, -0.15) is 0 Å². The quantitative estimate of drug-likeness (QED) is 0.541. The lowest BCUT2D eigenvalue weighted by Gasteiger charge is -2.36. The number of urea groups is 1. The second-order valence-corrected chi connectivity index (χ2v) is 8.61. The van der Waals surface area contributed by atoms with Gasteiger partial charge in [0.2, 0.25) is 0 Å². The van der Waals surface area contributed by atoms with Gasteiger partial charge in [0.25, 0.3) is 0 Å². The van der Waals surface area contributed by atoms with E-state index < -0.39 is 0 Å². The molecule has 1 saturated heterocycles. The number of aryl methyl sites for hydroxylation is 1. The Morgan fingerprint density at radius 3 is 2.38 bits per heavy atom. The zero-order chi connectivity index (χ0) is 24.1. The van der Waals surface area contributed by atoms with Crippen molar-refractivity contribution < 1.29 is 9.18 Å². The Morgan fingerprint density at radius 2 is 1.74 bits per heavy atom. The first-order chi connectivity index (χ1) is 16.5. The second-order valence-electron chi connectivity index (χ2n) is 8.20. The summed E-state index contributed by atoms with van der Waals surface area (Å²) in [6, 6.07) is 14.5. The monoisotopic (exact) mass is 481 g/mol. The summed E-state index contributed by atoms with van der Waals surface area (Å²) < 4.78 is 14.7. The maximum Gasteiger partial charge on any atom is 0.317 e. The summed E-state index contributed by atoms with van der Waals surface area (Å²) >= 11 is 6.38. The highest BCUT2D eigenvalue weighted by Gasteiger charge is 2.26. The summed E-state index contributed by atoms with van der Waals surface area (Å²) in [6.45, 7) is 6.97. The number of rotatable bonds is 6. The molecule has 2 heterocycles. The smallest absolute Gasteiger partial charge is 0.317 e. The molecule has 8 heteroatoms. The van der Waals surface area contributed by atoms with Crippen molar-refractivity contribution in [2.45, 2.75) is 26.7 Å². The van der Waals surface area contributed by atoms with E-state index in [1.165, 1.54) is 6.07 Å². The van der Waals surface area contributed by atoms with Crippen LogP contribution in [0.5, 0.6) is 0 Å². The topological polar surface area (TPSA) is 61.4 Å². The molecule has 1 N–H and O–H groups in total. The molecule has 1 aliphatic heterocycles. The molecule has 1 aliphatic rings. The lowest BCUT2D eigenvalue weighted by molar-refractivity contribution is 0.195. The molecule has 0 atom stereocenters. The van der Waals surface area contributed by atoms with Gasteiger partial charge < -0.3 is 15.1 Å². The van der Waals surface area contributed by atoms with Gasteiger partial charge in [-0.25, -0.2) is 19.2 Å². The molecule has 0 saturated carbocycles. The molecule has 2 aromatic carbocycles. The van der Waals surface area contributed by atoms with Crippen molar-refractivity contribution in [2.24, 2.45) is 0 Å². The predicted molar refractivity (Wildman–Crippen MR) is 134 cm³/mol. The number of carbonyl (C=O) groups excluding carboxylic acids is 1. The fourth-order valence-corrected chi connectivity index (χ4v) is 4.46. The first kappa shape index (κ1) is 24.0. The van der Waals surface area contributed by atoms with Crippen LogP contribution in [0.3, 0.4) is 0 Å². The molecule has 6 nitrogen and oxygen atoms in total. The van der Waals surface area contributed by atoms with E-state index in [0.717, 1.165) is 22.6 Å². The molecular weight excluding hydrogens is 453 g/mol. The number of anilines is 1. The zero-order valence-corrected chi connectivity index (χ0v) is 20.3. The molecule has 3 aromatic rings. The standard InChI is InChI=1S/C26H29ClFN5O/c1-3-23-20(17-19-21(27)11-8-12-22(19)28)25(31-24(30-23)18-9-6-5-7-10-18)32-13-15-33(16-14-32)26(34)29-4-2/h5-12H,3-4,13-17H2,1-2H3,(H,29,34). The van der Waals surface area contributed by atoms with E-state index >= 15 is 0 Å². The predicted octanol–water partition coefficient (Wildman–Crippen LogP) is 4.94. The molecule has 2 amide bonds. The van der Waals surface area contributed by atoms with Gasteiger partial charge in [-0.1, -0.05) is 54.9 Å². The van der Waals surface area contributed by atoms with Gasteiger partial charge in [-0.3, -0.25) is 0 Å². The average Bonchev–Trinajstić information content (AvgIpc) is 2.87. The number of aromatic nitrogens is 2. The zero-order valence-electron chi connectivity index (χ0n) is 19.5. The van der Waals surface area contributed by atoms with E-state index in [1.54, 1.807) is 12.1 Å². The Balaban J connectivity index is 1.75. The fraction of sp³-hybridized carbons (Fsp3) is 0.346. The van der Waals surface area contributed by atoms with Crippen LogP contribution >= 0.6 is 11.6 Å². The molecule has 34 heavy (non-hydrogen) atoms. The number of nitrogens with one attached hydrogen (secondary N) is 1. The summed E-state index contributed by atoms with van der Waals surface area (Å²) in [5, 5.41) is 3.25. The summed E-state index contributed by atoms with van der Waals surface area (Å²) in [4.78, 5) is 26.1. The Labute approximate surface area is 204 Å². The Bertz CT molecular complexity index is 1130. The highest BCUT2D eigenvalue weighted by atomic mass is 35.5. The number of hydrogen-bond acceptors (Lipinski definition) is 4. The number of halogens is 2. The van der Waals surface area contributed by atoms with Crippen LogP contribution in [0.2, 0.25) is 5.02 Å². The highest BCUT2D eigenvalue weighted by Crippen LogP contribution is 2.31. The number of piperazine rings is 1. The third kappa shape index (κ3) is 5.14. The van der Waals surface area contributed by atoms with Crippen LogP contribution in [-0.2, 0) is 12.8 Å². The van der Waals surface area contributed by atoms with Gasteiger partial charge in [0.15, 0.2) is 5.82 Å². The van der Waals surface area contributed by atoms with Crippen molar-refractivity contribution >= 4 is 23.4 Å². The minimum absolute atomic E-state index is 0.0533. The number of carbonyl (C=O) groups is 1. The third-order valence-electron chi connectivity index (χ3n) is 6.05. The van der Waals surface area contributed by atoms with Crippen LogP contribution < -0.4 is 10.2 Å². The maximum atomic E-state index is 14.7. The molecule has 4 rings (SSSR count). The second kappa shape index (κ2) is 10.8. The molecule has 1 fully saturated rings. The first-order valence-corrected chi connectivity index (χ1v) is 12.0. The minimum atomic E-state index is -0.339. The van der Waals surface area contributed by atoms with E-state index in [0.29, 0.717) is 62.0 Å². The number of hydrogen-bond donors (Lipinski definition) is 1. The summed E-state index contributed by atoms with van der Waals surface area (Å²) in [5.41, 5.74) is 3.11. The molecule has 0 aliphatic carbocycles. The normalized spacial score (nSPS) is 13.8. The van der Waals surface area contributed by atoms with Gasteiger partial charge in [0, 0.05) is 66.6 Å². The van der Waals surface area contributed by atoms with Crippen LogP contribution in [-0.4, -0.2) is 53.6 Å². The maximum absolute atomic E-state index is 14.7. The summed E-state index contributed by atoms with van der Waals surface area (Å²) in [7, 11) is 0. The van der Waals surface area contributed by atoms with Crippen LogP contribution in [0.1, 0.15) is 30.7 Å². The molecule has 178 valence electrons. The van der Waals surface area contributed by atoms with Crippen molar-refractivity contribution in [1.29, 1.82) is 0 Å².